The normalized spacial score (nSPS) is 14.5. The SMILES string of the molecule is O=C(CCN1C(=O)c2ccccc2C1=O)NCc1ccc2c(c1)OCO2. The average molecular weight is 352 g/mol. The van der Waals surface area contributed by atoms with E-state index in [-0.39, 0.29) is 37.5 Å². The van der Waals surface area contributed by atoms with Crippen molar-refractivity contribution in [1.29, 1.82) is 0 Å². The quantitative estimate of drug-likeness (QED) is 0.828. The molecule has 2 aliphatic rings. The van der Waals surface area contributed by atoms with E-state index < -0.39 is 0 Å². The van der Waals surface area contributed by atoms with E-state index in [2.05, 4.69) is 5.32 Å². The zero-order chi connectivity index (χ0) is 18.1. The van der Waals surface area contributed by atoms with Gasteiger partial charge in [-0.15, -0.1) is 0 Å². The van der Waals surface area contributed by atoms with E-state index in [0.717, 1.165) is 10.5 Å². The van der Waals surface area contributed by atoms with Crippen molar-refractivity contribution in [3.05, 3.63) is 59.2 Å². The Morgan fingerprint density at radius 1 is 1.00 bits per heavy atom. The molecule has 2 aromatic rings. The van der Waals surface area contributed by atoms with E-state index >= 15 is 0 Å². The van der Waals surface area contributed by atoms with Crippen molar-refractivity contribution in [2.75, 3.05) is 13.3 Å². The number of fused-ring (bicyclic) bond motifs is 2. The van der Waals surface area contributed by atoms with Gasteiger partial charge >= 0.3 is 0 Å². The van der Waals surface area contributed by atoms with Gasteiger partial charge in [-0.3, -0.25) is 19.3 Å². The molecule has 0 aromatic heterocycles. The third kappa shape index (κ3) is 2.88. The first kappa shape index (κ1) is 16.1. The molecule has 2 aliphatic heterocycles. The Kier molecular flexibility index (Phi) is 4.04. The number of amides is 3. The van der Waals surface area contributed by atoms with Crippen molar-refractivity contribution in [2.24, 2.45) is 0 Å². The highest BCUT2D eigenvalue weighted by Gasteiger charge is 2.34. The van der Waals surface area contributed by atoms with Crippen LogP contribution in [0.2, 0.25) is 0 Å². The number of imide groups is 1. The highest BCUT2D eigenvalue weighted by atomic mass is 16.7. The Labute approximate surface area is 149 Å². The first-order valence-corrected chi connectivity index (χ1v) is 8.24. The summed E-state index contributed by atoms with van der Waals surface area (Å²) in [6.45, 7) is 0.586. The van der Waals surface area contributed by atoms with Crippen LogP contribution in [0.15, 0.2) is 42.5 Å². The number of carbonyl (C=O) groups is 3. The smallest absolute Gasteiger partial charge is 0.261 e. The van der Waals surface area contributed by atoms with Gasteiger partial charge in [0.1, 0.15) is 0 Å². The Bertz CT molecular complexity index is 874. The van der Waals surface area contributed by atoms with Crippen molar-refractivity contribution in [1.82, 2.24) is 10.2 Å². The van der Waals surface area contributed by atoms with Gasteiger partial charge in [0.15, 0.2) is 11.5 Å². The van der Waals surface area contributed by atoms with Crippen molar-refractivity contribution >= 4 is 17.7 Å². The van der Waals surface area contributed by atoms with E-state index in [1.54, 1.807) is 30.3 Å². The molecule has 4 rings (SSSR count). The zero-order valence-corrected chi connectivity index (χ0v) is 13.9. The van der Waals surface area contributed by atoms with Gasteiger partial charge in [-0.2, -0.15) is 0 Å². The second-order valence-corrected chi connectivity index (χ2v) is 6.02. The summed E-state index contributed by atoms with van der Waals surface area (Å²) in [6, 6.07) is 12.1. The topological polar surface area (TPSA) is 84.9 Å². The van der Waals surface area contributed by atoms with Gasteiger partial charge in [0.05, 0.1) is 11.1 Å². The summed E-state index contributed by atoms with van der Waals surface area (Å²) in [6.07, 6.45) is 0.0516. The van der Waals surface area contributed by atoms with Crippen LogP contribution in [0.3, 0.4) is 0 Å². The summed E-state index contributed by atoms with van der Waals surface area (Å²) >= 11 is 0. The fourth-order valence-electron chi connectivity index (χ4n) is 3.00. The van der Waals surface area contributed by atoms with Gasteiger partial charge in [0.2, 0.25) is 12.7 Å². The Morgan fingerprint density at radius 3 is 2.42 bits per heavy atom. The van der Waals surface area contributed by atoms with Crippen LogP contribution >= 0.6 is 0 Å². The number of ether oxygens (including phenoxy) is 2. The van der Waals surface area contributed by atoms with Crippen LogP contribution in [-0.4, -0.2) is 36.0 Å². The van der Waals surface area contributed by atoms with Gasteiger partial charge < -0.3 is 14.8 Å². The molecule has 132 valence electrons. The monoisotopic (exact) mass is 352 g/mol. The number of benzene rings is 2. The molecule has 0 unspecified atom stereocenters. The summed E-state index contributed by atoms with van der Waals surface area (Å²) < 4.78 is 10.5. The molecule has 26 heavy (non-hydrogen) atoms. The van der Waals surface area contributed by atoms with Crippen LogP contribution < -0.4 is 14.8 Å². The number of carbonyl (C=O) groups excluding carboxylic acids is 3. The average Bonchev–Trinajstić information content (AvgIpc) is 3.22. The largest absolute Gasteiger partial charge is 0.454 e. The second-order valence-electron chi connectivity index (χ2n) is 6.02. The van der Waals surface area contributed by atoms with Gasteiger partial charge in [-0.1, -0.05) is 18.2 Å². The van der Waals surface area contributed by atoms with Gasteiger partial charge in [0.25, 0.3) is 11.8 Å². The molecule has 1 N–H and O–H groups in total. The van der Waals surface area contributed by atoms with E-state index in [0.29, 0.717) is 29.2 Å². The minimum Gasteiger partial charge on any atom is -0.454 e. The summed E-state index contributed by atoms with van der Waals surface area (Å²) in [5, 5.41) is 2.78. The molecular formula is C19H16N2O5. The predicted octanol–water partition coefficient (Wildman–Crippen LogP) is 1.72. The van der Waals surface area contributed by atoms with Crippen molar-refractivity contribution < 1.29 is 23.9 Å². The fourth-order valence-corrected chi connectivity index (χ4v) is 3.00. The molecule has 7 heteroatoms. The van der Waals surface area contributed by atoms with Gasteiger partial charge in [0, 0.05) is 19.5 Å². The number of hydrogen-bond acceptors (Lipinski definition) is 5. The Hall–Kier alpha value is -3.35. The number of rotatable bonds is 5. The van der Waals surface area contributed by atoms with Gasteiger partial charge in [-0.05, 0) is 29.8 Å². The first-order chi connectivity index (χ1) is 12.6. The number of hydrogen-bond donors (Lipinski definition) is 1. The molecule has 0 radical (unpaired) electrons. The Morgan fingerprint density at radius 2 is 1.69 bits per heavy atom. The second kappa shape index (κ2) is 6.51. The van der Waals surface area contributed by atoms with Gasteiger partial charge in [-0.25, -0.2) is 0 Å². The van der Waals surface area contributed by atoms with E-state index in [1.165, 1.54) is 0 Å². The summed E-state index contributed by atoms with van der Waals surface area (Å²) in [7, 11) is 0. The van der Waals surface area contributed by atoms with E-state index in [1.807, 2.05) is 12.1 Å². The maximum Gasteiger partial charge on any atom is 0.261 e. The summed E-state index contributed by atoms with van der Waals surface area (Å²) in [5.74, 6) is 0.399. The maximum atomic E-state index is 12.3. The molecule has 0 fully saturated rings. The molecule has 3 amide bonds. The molecule has 0 atom stereocenters. The molecule has 0 saturated carbocycles. The minimum atomic E-state index is -0.353. The summed E-state index contributed by atoms with van der Waals surface area (Å²) in [4.78, 5) is 37.7. The lowest BCUT2D eigenvalue weighted by atomic mass is 10.1. The third-order valence-electron chi connectivity index (χ3n) is 4.37. The van der Waals surface area contributed by atoms with Crippen LogP contribution in [-0.2, 0) is 11.3 Å². The molecule has 2 heterocycles. The van der Waals surface area contributed by atoms with E-state index in [4.69, 9.17) is 9.47 Å². The lowest BCUT2D eigenvalue weighted by Crippen LogP contribution is -2.34. The third-order valence-corrected chi connectivity index (χ3v) is 4.37. The van der Waals surface area contributed by atoms with Crippen molar-refractivity contribution in [3.8, 4) is 11.5 Å². The molecule has 0 aliphatic carbocycles. The predicted molar refractivity (Wildman–Crippen MR) is 90.8 cm³/mol. The fraction of sp³-hybridized carbons (Fsp3) is 0.211. The lowest BCUT2D eigenvalue weighted by Gasteiger charge is -2.13. The van der Waals surface area contributed by atoms with E-state index in [9.17, 15) is 14.4 Å². The molecule has 0 saturated heterocycles. The molecule has 0 bridgehead atoms. The van der Waals surface area contributed by atoms with Crippen LogP contribution in [0.1, 0.15) is 32.7 Å². The summed E-state index contributed by atoms with van der Waals surface area (Å²) in [5.41, 5.74) is 1.65. The lowest BCUT2D eigenvalue weighted by molar-refractivity contribution is -0.121. The van der Waals surface area contributed by atoms with Crippen molar-refractivity contribution in [2.45, 2.75) is 13.0 Å². The molecule has 2 aromatic carbocycles. The van der Waals surface area contributed by atoms with Crippen LogP contribution in [0.4, 0.5) is 0 Å². The van der Waals surface area contributed by atoms with Crippen LogP contribution in [0, 0.1) is 0 Å². The Balaban J connectivity index is 1.31. The van der Waals surface area contributed by atoms with Crippen LogP contribution in [0.25, 0.3) is 0 Å². The van der Waals surface area contributed by atoms with Crippen molar-refractivity contribution in [3.63, 3.8) is 0 Å². The molecular weight excluding hydrogens is 336 g/mol. The highest BCUT2D eigenvalue weighted by molar-refractivity contribution is 6.21. The standard InChI is InChI=1S/C19H16N2O5/c22-17(20-10-12-5-6-15-16(9-12)26-11-25-15)7-8-21-18(23)13-3-1-2-4-14(13)19(21)24/h1-6,9H,7-8,10-11H2,(H,20,22). The molecule has 0 spiro atoms. The van der Waals surface area contributed by atoms with Crippen LogP contribution in [0.5, 0.6) is 11.5 Å². The highest BCUT2D eigenvalue weighted by Crippen LogP contribution is 2.32. The zero-order valence-electron chi connectivity index (χ0n) is 13.9. The maximum absolute atomic E-state index is 12.3. The first-order valence-electron chi connectivity index (χ1n) is 8.24. The minimum absolute atomic E-state index is 0.0516. The number of nitrogens with one attached hydrogen (secondary N) is 1. The molecule has 7 nitrogen and oxygen atoms in total. The number of nitrogens with zero attached hydrogens (tertiary/aromatic N) is 1.